The van der Waals surface area contributed by atoms with Crippen molar-refractivity contribution in [3.8, 4) is 0 Å². The van der Waals surface area contributed by atoms with E-state index < -0.39 is 0 Å². The summed E-state index contributed by atoms with van der Waals surface area (Å²) >= 11 is 5.11. The van der Waals surface area contributed by atoms with E-state index in [1.807, 2.05) is 0 Å². The highest BCUT2D eigenvalue weighted by molar-refractivity contribution is 7.80. The van der Waals surface area contributed by atoms with E-state index in [1.54, 1.807) is 24.5 Å². The SMILES string of the molecule is O=C(NNC(=S)NC1CCCC1)c1ccncc1. The van der Waals surface area contributed by atoms with E-state index >= 15 is 0 Å². The Morgan fingerprint density at radius 1 is 1.22 bits per heavy atom. The molecule has 18 heavy (non-hydrogen) atoms. The molecule has 1 aliphatic carbocycles. The molecule has 1 saturated carbocycles. The summed E-state index contributed by atoms with van der Waals surface area (Å²) in [6.45, 7) is 0. The Kier molecular flexibility index (Phi) is 4.46. The zero-order valence-corrected chi connectivity index (χ0v) is 10.8. The second-order valence-corrected chi connectivity index (χ2v) is 4.68. The van der Waals surface area contributed by atoms with Crippen LogP contribution in [0.5, 0.6) is 0 Å². The van der Waals surface area contributed by atoms with E-state index in [4.69, 9.17) is 12.2 Å². The van der Waals surface area contributed by atoms with E-state index in [0.29, 0.717) is 16.7 Å². The highest BCUT2D eigenvalue weighted by Gasteiger charge is 2.15. The molecule has 2 rings (SSSR count). The number of amides is 1. The number of pyridine rings is 1. The summed E-state index contributed by atoms with van der Waals surface area (Å²) in [6, 6.07) is 3.72. The molecule has 0 unspecified atom stereocenters. The Hall–Kier alpha value is -1.69. The number of thiocarbonyl (C=S) groups is 1. The maximum Gasteiger partial charge on any atom is 0.269 e. The van der Waals surface area contributed by atoms with Crippen molar-refractivity contribution in [2.75, 3.05) is 0 Å². The number of hydrazine groups is 1. The molecule has 1 aromatic rings. The van der Waals surface area contributed by atoms with Crippen molar-refractivity contribution in [3.63, 3.8) is 0 Å². The van der Waals surface area contributed by atoms with Gasteiger partial charge in [-0.3, -0.25) is 20.6 Å². The molecule has 5 nitrogen and oxygen atoms in total. The zero-order chi connectivity index (χ0) is 12.8. The lowest BCUT2D eigenvalue weighted by molar-refractivity contribution is 0.0943. The van der Waals surface area contributed by atoms with Crippen molar-refractivity contribution in [2.24, 2.45) is 0 Å². The highest BCUT2D eigenvalue weighted by Crippen LogP contribution is 2.17. The maximum absolute atomic E-state index is 11.7. The highest BCUT2D eigenvalue weighted by atomic mass is 32.1. The fourth-order valence-electron chi connectivity index (χ4n) is 1.98. The molecule has 1 aromatic heterocycles. The van der Waals surface area contributed by atoms with E-state index in [-0.39, 0.29) is 5.91 Å². The number of hydrogen-bond acceptors (Lipinski definition) is 3. The summed E-state index contributed by atoms with van der Waals surface area (Å²) in [6.07, 6.45) is 7.90. The smallest absolute Gasteiger partial charge is 0.269 e. The van der Waals surface area contributed by atoms with Gasteiger partial charge in [0.1, 0.15) is 0 Å². The topological polar surface area (TPSA) is 66.1 Å². The van der Waals surface area contributed by atoms with Crippen molar-refractivity contribution in [3.05, 3.63) is 30.1 Å². The van der Waals surface area contributed by atoms with Gasteiger partial charge in [0.15, 0.2) is 5.11 Å². The van der Waals surface area contributed by atoms with Crippen molar-refractivity contribution in [1.29, 1.82) is 0 Å². The van der Waals surface area contributed by atoms with Gasteiger partial charge >= 0.3 is 0 Å². The molecule has 0 aliphatic heterocycles. The van der Waals surface area contributed by atoms with E-state index in [9.17, 15) is 4.79 Å². The number of aromatic nitrogens is 1. The standard InChI is InChI=1S/C12H16N4OS/c17-11(9-5-7-13-8-6-9)15-16-12(18)14-10-3-1-2-4-10/h5-8,10H,1-4H2,(H,15,17)(H2,14,16,18). The van der Waals surface area contributed by atoms with Gasteiger partial charge in [0.2, 0.25) is 0 Å². The fraction of sp³-hybridized carbons (Fsp3) is 0.417. The van der Waals surface area contributed by atoms with Crippen LogP contribution >= 0.6 is 12.2 Å². The number of carbonyl (C=O) groups is 1. The van der Waals surface area contributed by atoms with Crippen molar-refractivity contribution >= 4 is 23.2 Å². The molecule has 0 aromatic carbocycles. The van der Waals surface area contributed by atoms with Gasteiger partial charge in [0, 0.05) is 24.0 Å². The van der Waals surface area contributed by atoms with Gasteiger partial charge in [-0.25, -0.2) is 0 Å². The molecule has 6 heteroatoms. The minimum absolute atomic E-state index is 0.229. The number of hydrogen-bond donors (Lipinski definition) is 3. The first-order valence-electron chi connectivity index (χ1n) is 6.02. The first kappa shape index (κ1) is 12.8. The molecule has 96 valence electrons. The Bertz CT molecular complexity index is 417. The summed E-state index contributed by atoms with van der Waals surface area (Å²) in [5.74, 6) is -0.229. The number of rotatable bonds is 2. The summed E-state index contributed by atoms with van der Waals surface area (Å²) in [7, 11) is 0. The lowest BCUT2D eigenvalue weighted by atomic mass is 10.2. The van der Waals surface area contributed by atoms with Gasteiger partial charge in [0.25, 0.3) is 5.91 Å². The van der Waals surface area contributed by atoms with Crippen LogP contribution in [0.15, 0.2) is 24.5 Å². The van der Waals surface area contributed by atoms with Crippen LogP contribution in [0.3, 0.4) is 0 Å². The van der Waals surface area contributed by atoms with Crippen LogP contribution < -0.4 is 16.2 Å². The Balaban J connectivity index is 1.74. The molecule has 0 radical (unpaired) electrons. The van der Waals surface area contributed by atoms with Crippen molar-refractivity contribution < 1.29 is 4.79 Å². The van der Waals surface area contributed by atoms with Gasteiger partial charge in [-0.15, -0.1) is 0 Å². The Morgan fingerprint density at radius 2 is 1.89 bits per heavy atom. The molecule has 0 bridgehead atoms. The van der Waals surface area contributed by atoms with Crippen molar-refractivity contribution in [1.82, 2.24) is 21.2 Å². The molecule has 0 atom stereocenters. The predicted molar refractivity (Wildman–Crippen MR) is 72.8 cm³/mol. The minimum Gasteiger partial charge on any atom is -0.359 e. The van der Waals surface area contributed by atoms with Crippen LogP contribution in [0.25, 0.3) is 0 Å². The Labute approximate surface area is 111 Å². The van der Waals surface area contributed by atoms with E-state index in [0.717, 1.165) is 12.8 Å². The lowest BCUT2D eigenvalue weighted by Gasteiger charge is -2.16. The molecule has 3 N–H and O–H groups in total. The first-order chi connectivity index (χ1) is 8.75. The van der Waals surface area contributed by atoms with Gasteiger partial charge in [-0.05, 0) is 37.2 Å². The summed E-state index contributed by atoms with van der Waals surface area (Å²) in [4.78, 5) is 15.6. The fourth-order valence-corrected chi connectivity index (χ4v) is 2.20. The first-order valence-corrected chi connectivity index (χ1v) is 6.43. The number of nitrogens with zero attached hydrogens (tertiary/aromatic N) is 1. The molecular weight excluding hydrogens is 248 g/mol. The average Bonchev–Trinajstić information content (AvgIpc) is 2.90. The van der Waals surface area contributed by atoms with Crippen LogP contribution in [-0.4, -0.2) is 22.0 Å². The molecule has 1 aliphatic rings. The normalized spacial score (nSPS) is 15.1. The predicted octanol–water partition coefficient (Wildman–Crippen LogP) is 1.13. The van der Waals surface area contributed by atoms with E-state index in [2.05, 4.69) is 21.2 Å². The minimum atomic E-state index is -0.229. The van der Waals surface area contributed by atoms with Crippen LogP contribution in [0.2, 0.25) is 0 Å². The van der Waals surface area contributed by atoms with Gasteiger partial charge < -0.3 is 5.32 Å². The van der Waals surface area contributed by atoms with Crippen LogP contribution in [0, 0.1) is 0 Å². The summed E-state index contributed by atoms with van der Waals surface area (Å²) in [5, 5.41) is 3.64. The van der Waals surface area contributed by atoms with Crippen LogP contribution in [-0.2, 0) is 0 Å². The lowest BCUT2D eigenvalue weighted by Crippen LogP contribution is -2.49. The summed E-state index contributed by atoms with van der Waals surface area (Å²) in [5.41, 5.74) is 5.80. The van der Waals surface area contributed by atoms with Crippen molar-refractivity contribution in [2.45, 2.75) is 31.7 Å². The third-order valence-corrected chi connectivity index (χ3v) is 3.14. The molecule has 1 heterocycles. The van der Waals surface area contributed by atoms with E-state index in [1.165, 1.54) is 12.8 Å². The van der Waals surface area contributed by atoms with Crippen LogP contribution in [0.4, 0.5) is 0 Å². The molecule has 1 fully saturated rings. The largest absolute Gasteiger partial charge is 0.359 e. The molecular formula is C12H16N4OS. The summed E-state index contributed by atoms with van der Waals surface area (Å²) < 4.78 is 0. The average molecular weight is 264 g/mol. The molecule has 1 amide bonds. The molecule has 0 spiro atoms. The second kappa shape index (κ2) is 6.30. The number of nitrogens with one attached hydrogen (secondary N) is 3. The number of carbonyl (C=O) groups excluding carboxylic acids is 1. The van der Waals surface area contributed by atoms with Crippen LogP contribution in [0.1, 0.15) is 36.0 Å². The third-order valence-electron chi connectivity index (χ3n) is 2.92. The third kappa shape index (κ3) is 3.66. The molecule has 0 saturated heterocycles. The van der Waals surface area contributed by atoms with Gasteiger partial charge in [-0.2, -0.15) is 0 Å². The maximum atomic E-state index is 11.7. The zero-order valence-electron chi connectivity index (χ0n) is 9.98. The van der Waals surface area contributed by atoms with Gasteiger partial charge in [0.05, 0.1) is 0 Å². The monoisotopic (exact) mass is 264 g/mol. The Morgan fingerprint density at radius 3 is 2.56 bits per heavy atom. The quantitative estimate of drug-likeness (QED) is 0.552. The van der Waals surface area contributed by atoms with Gasteiger partial charge in [-0.1, -0.05) is 12.8 Å². The second-order valence-electron chi connectivity index (χ2n) is 4.27.